The van der Waals surface area contributed by atoms with Crippen LogP contribution in [0.4, 0.5) is 0 Å². The van der Waals surface area contributed by atoms with E-state index in [9.17, 15) is 24.0 Å². The van der Waals surface area contributed by atoms with Gasteiger partial charge >= 0.3 is 11.9 Å². The van der Waals surface area contributed by atoms with Crippen LogP contribution in [0, 0.1) is 17.8 Å². The Balaban J connectivity index is 1.47. The second kappa shape index (κ2) is 19.3. The number of carbonyl (C=O) groups excluding carboxylic acids is 5. The van der Waals surface area contributed by atoms with E-state index >= 15 is 0 Å². The molecule has 5 atom stereocenters. The molecule has 2 aromatic carbocycles. The van der Waals surface area contributed by atoms with Gasteiger partial charge in [0.05, 0.1) is 31.3 Å². The Kier molecular flexibility index (Phi) is 14.5. The molecule has 13 heteroatoms. The van der Waals surface area contributed by atoms with Gasteiger partial charge in [-0.15, -0.1) is 0 Å². The van der Waals surface area contributed by atoms with Crippen LogP contribution in [0.2, 0.25) is 0 Å². The van der Waals surface area contributed by atoms with Crippen molar-refractivity contribution in [2.45, 2.75) is 116 Å². The Hall–Kier alpha value is -5.46. The molecule has 3 amide bonds. The maximum atomic E-state index is 14.4. The van der Waals surface area contributed by atoms with Crippen molar-refractivity contribution in [3.05, 3.63) is 66.2 Å². The Morgan fingerprint density at radius 1 is 0.879 bits per heavy atom. The van der Waals surface area contributed by atoms with Gasteiger partial charge in [-0.3, -0.25) is 14.4 Å². The quantitative estimate of drug-likeness (QED) is 0.150. The second-order valence-electron chi connectivity index (χ2n) is 16.4. The van der Waals surface area contributed by atoms with Gasteiger partial charge in [0.25, 0.3) is 0 Å². The van der Waals surface area contributed by atoms with Crippen molar-refractivity contribution in [2.24, 2.45) is 17.8 Å². The number of rotatable bonds is 15. The van der Waals surface area contributed by atoms with Crippen LogP contribution in [0.1, 0.15) is 86.5 Å². The number of methoxy groups -OCH3 is 2. The van der Waals surface area contributed by atoms with Crippen LogP contribution in [0.3, 0.4) is 0 Å². The molecule has 0 aliphatic heterocycles. The number of nitrogens with zero attached hydrogens (tertiary/aromatic N) is 1. The zero-order valence-corrected chi connectivity index (χ0v) is 34.9. The Labute approximate surface area is 341 Å². The standard InChI is InChI=1S/C45H58N4O9/c1-9-34(43(53)58-45(4,5)6)47-40(50)32-22-30(57-37-25-35(27-16-12-10-13-17-27)46-36-24-29(55-7)20-21-31(36)37)23-33(32)41(51)48-38(26(2)3)42(52)49-39(44(54)56-8)28-18-14-11-15-19-28/h10,12-13,16-17,20-21,23-26,28,30,32,34,38-39H,9,11,14-15,18-19,22H2,1-8H3,(H,47,50)(H,48,51)(H,49,52)/t30?,32?,34-,38-,39-/m0/s1. The van der Waals surface area contributed by atoms with Crippen molar-refractivity contribution in [3.8, 4) is 22.8 Å². The third-order valence-corrected chi connectivity index (χ3v) is 10.6. The van der Waals surface area contributed by atoms with Gasteiger partial charge in [-0.25, -0.2) is 14.6 Å². The maximum absolute atomic E-state index is 14.4. The van der Waals surface area contributed by atoms with E-state index in [1.54, 1.807) is 60.8 Å². The van der Waals surface area contributed by atoms with Crippen LogP contribution in [0.25, 0.3) is 22.2 Å². The smallest absolute Gasteiger partial charge is 0.329 e. The van der Waals surface area contributed by atoms with Crippen molar-refractivity contribution in [1.29, 1.82) is 0 Å². The summed E-state index contributed by atoms with van der Waals surface area (Å²) < 4.78 is 22.8. The fourth-order valence-corrected chi connectivity index (χ4v) is 7.57. The molecule has 0 radical (unpaired) electrons. The molecule has 2 aliphatic rings. The summed E-state index contributed by atoms with van der Waals surface area (Å²) in [4.78, 5) is 73.3. The zero-order chi connectivity index (χ0) is 42.1. The topological polar surface area (TPSA) is 171 Å². The summed E-state index contributed by atoms with van der Waals surface area (Å²) in [6.07, 6.45) is 5.66. The SMILES string of the molecule is CC[C@H](NC(=O)C1CC(Oc2cc(-c3ccccc3)nc3cc(OC)ccc23)C=C1C(=O)N[C@H](C(=O)N[C@H](C(=O)OC)C1CCCCC1)C(C)C)C(=O)OC(C)(C)C. The van der Waals surface area contributed by atoms with Crippen molar-refractivity contribution >= 4 is 40.6 Å². The van der Waals surface area contributed by atoms with Gasteiger partial charge < -0.3 is 34.9 Å². The number of carbonyl (C=O) groups is 5. The number of nitrogens with one attached hydrogen (secondary N) is 3. The maximum Gasteiger partial charge on any atom is 0.329 e. The first-order chi connectivity index (χ1) is 27.6. The summed E-state index contributed by atoms with van der Waals surface area (Å²) in [7, 11) is 2.87. The predicted octanol–water partition coefficient (Wildman–Crippen LogP) is 6.22. The number of pyridine rings is 1. The molecule has 0 spiro atoms. The lowest BCUT2D eigenvalue weighted by atomic mass is 9.83. The molecule has 1 heterocycles. The van der Waals surface area contributed by atoms with Crippen molar-refractivity contribution in [3.63, 3.8) is 0 Å². The van der Waals surface area contributed by atoms with E-state index in [1.807, 2.05) is 48.5 Å². The van der Waals surface area contributed by atoms with Gasteiger partial charge in [0.1, 0.15) is 41.3 Å². The van der Waals surface area contributed by atoms with E-state index < -0.39 is 65.4 Å². The first kappa shape index (κ1) is 43.7. The highest BCUT2D eigenvalue weighted by Crippen LogP contribution is 2.36. The van der Waals surface area contributed by atoms with Crippen LogP contribution in [-0.4, -0.2) is 78.7 Å². The minimum atomic E-state index is -1.05. The van der Waals surface area contributed by atoms with Crippen LogP contribution in [0.5, 0.6) is 11.5 Å². The molecule has 2 unspecified atom stereocenters. The normalized spacial score (nSPS) is 18.7. The third-order valence-electron chi connectivity index (χ3n) is 10.6. The minimum Gasteiger partial charge on any atom is -0.497 e. The van der Waals surface area contributed by atoms with E-state index in [0.29, 0.717) is 28.1 Å². The van der Waals surface area contributed by atoms with Gasteiger partial charge in [0, 0.05) is 35.1 Å². The van der Waals surface area contributed by atoms with Crippen molar-refractivity contribution in [2.75, 3.05) is 14.2 Å². The fraction of sp³-hybridized carbons (Fsp3) is 0.511. The lowest BCUT2D eigenvalue weighted by Crippen LogP contribution is -2.56. The van der Waals surface area contributed by atoms with Crippen LogP contribution in [0.15, 0.2) is 66.2 Å². The number of ether oxygens (including phenoxy) is 4. The van der Waals surface area contributed by atoms with Gasteiger partial charge in [-0.05, 0) is 70.1 Å². The fourth-order valence-electron chi connectivity index (χ4n) is 7.57. The van der Waals surface area contributed by atoms with E-state index in [1.165, 1.54) is 7.11 Å². The predicted molar refractivity (Wildman–Crippen MR) is 220 cm³/mol. The largest absolute Gasteiger partial charge is 0.497 e. The average molecular weight is 799 g/mol. The van der Waals surface area contributed by atoms with Crippen LogP contribution in [-0.2, 0) is 33.4 Å². The van der Waals surface area contributed by atoms with Crippen molar-refractivity contribution in [1.82, 2.24) is 20.9 Å². The van der Waals surface area contributed by atoms with Gasteiger partial charge in [0.15, 0.2) is 0 Å². The first-order valence-electron chi connectivity index (χ1n) is 20.3. The molecule has 2 aliphatic carbocycles. The Bertz CT molecular complexity index is 1980. The Morgan fingerprint density at radius 2 is 1.59 bits per heavy atom. The molecule has 0 bridgehead atoms. The average Bonchev–Trinajstić information content (AvgIpc) is 3.64. The molecule has 13 nitrogen and oxygen atoms in total. The van der Waals surface area contributed by atoms with Crippen LogP contribution >= 0.6 is 0 Å². The number of amides is 3. The monoisotopic (exact) mass is 798 g/mol. The molecule has 312 valence electrons. The summed E-state index contributed by atoms with van der Waals surface area (Å²) >= 11 is 0. The molecule has 5 rings (SSSR count). The van der Waals surface area contributed by atoms with Gasteiger partial charge in [0.2, 0.25) is 17.7 Å². The summed E-state index contributed by atoms with van der Waals surface area (Å²) in [5.74, 6) is -3.29. The molecule has 0 saturated heterocycles. The van der Waals surface area contributed by atoms with E-state index in [0.717, 1.165) is 37.7 Å². The van der Waals surface area contributed by atoms with E-state index in [2.05, 4.69) is 16.0 Å². The molecule has 3 N–H and O–H groups in total. The molecule has 1 fully saturated rings. The summed E-state index contributed by atoms with van der Waals surface area (Å²) in [5.41, 5.74) is 1.44. The molecule has 1 saturated carbocycles. The minimum absolute atomic E-state index is 0.0601. The first-order valence-corrected chi connectivity index (χ1v) is 20.3. The molecule has 58 heavy (non-hydrogen) atoms. The number of hydrogen-bond acceptors (Lipinski definition) is 10. The molecule has 3 aromatic rings. The number of aromatic nitrogens is 1. The van der Waals surface area contributed by atoms with E-state index in [4.69, 9.17) is 23.9 Å². The molecular weight excluding hydrogens is 741 g/mol. The highest BCUT2D eigenvalue weighted by molar-refractivity contribution is 6.03. The highest BCUT2D eigenvalue weighted by atomic mass is 16.6. The second-order valence-corrected chi connectivity index (χ2v) is 16.4. The zero-order valence-electron chi connectivity index (χ0n) is 34.9. The summed E-state index contributed by atoms with van der Waals surface area (Å²) in [6, 6.07) is 14.0. The summed E-state index contributed by atoms with van der Waals surface area (Å²) in [5, 5.41) is 9.25. The number of hydrogen-bond donors (Lipinski definition) is 3. The van der Waals surface area contributed by atoms with Gasteiger partial charge in [-0.2, -0.15) is 0 Å². The number of fused-ring (bicyclic) bond motifs is 1. The van der Waals surface area contributed by atoms with Crippen LogP contribution < -0.4 is 25.4 Å². The third kappa shape index (κ3) is 10.9. The Morgan fingerprint density at radius 3 is 2.21 bits per heavy atom. The lowest BCUT2D eigenvalue weighted by Gasteiger charge is -2.31. The summed E-state index contributed by atoms with van der Waals surface area (Å²) in [6.45, 7) is 10.6. The molecule has 1 aromatic heterocycles. The number of esters is 2. The van der Waals surface area contributed by atoms with Gasteiger partial charge in [-0.1, -0.05) is 70.4 Å². The number of benzene rings is 2. The van der Waals surface area contributed by atoms with Crippen molar-refractivity contribution < 1.29 is 42.9 Å². The van der Waals surface area contributed by atoms with E-state index in [-0.39, 0.29) is 30.3 Å². The molecular formula is C45H58N4O9. The highest BCUT2D eigenvalue weighted by Gasteiger charge is 2.41. The lowest BCUT2D eigenvalue weighted by molar-refractivity contribution is -0.159.